The van der Waals surface area contributed by atoms with Crippen LogP contribution < -0.4 is 0 Å². The number of halogens is 1. The second-order valence-corrected chi connectivity index (χ2v) is 6.45. The van der Waals surface area contributed by atoms with Crippen LogP contribution in [0.15, 0.2) is 25.0 Å². The van der Waals surface area contributed by atoms with E-state index in [0.717, 1.165) is 5.47 Å². The van der Waals surface area contributed by atoms with Gasteiger partial charge in [0.1, 0.15) is 0 Å². The van der Waals surface area contributed by atoms with Gasteiger partial charge in [-0.15, -0.1) is 0 Å². The van der Waals surface area contributed by atoms with Crippen LogP contribution in [0.3, 0.4) is 0 Å². The molecule has 0 saturated carbocycles. The van der Waals surface area contributed by atoms with Gasteiger partial charge in [-0.3, -0.25) is 0 Å². The zero-order valence-corrected chi connectivity index (χ0v) is 11.6. The van der Waals surface area contributed by atoms with Gasteiger partial charge >= 0.3 is 7.12 Å². The highest BCUT2D eigenvalue weighted by atomic mass is 127. The van der Waals surface area contributed by atoms with Gasteiger partial charge in [-0.2, -0.15) is 0 Å². The minimum absolute atomic E-state index is 0.190. The first-order chi connectivity index (χ1) is 6.92. The Kier molecular flexibility index (Phi) is 2.89. The molecule has 3 nitrogen and oxygen atoms in total. The Hall–Kier alpha value is -0.00506. The van der Waals surface area contributed by atoms with E-state index in [2.05, 4.69) is 34.9 Å². The van der Waals surface area contributed by atoms with Crippen LogP contribution in [0.25, 0.3) is 0 Å². The molecule has 0 N–H and O–H groups in total. The van der Waals surface area contributed by atoms with Gasteiger partial charge < -0.3 is 9.31 Å². The smallest absolute Gasteiger partial charge is 0.399 e. The zero-order valence-electron chi connectivity index (χ0n) is 9.45. The molecule has 0 aliphatic carbocycles. The van der Waals surface area contributed by atoms with Crippen LogP contribution in [0.5, 0.6) is 0 Å². The molecule has 2 aliphatic rings. The number of hydrogen-bond acceptors (Lipinski definition) is 3. The predicted octanol–water partition coefficient (Wildman–Crippen LogP) is 3.18. The molecular weight excluding hydrogens is 304 g/mol. The summed E-state index contributed by atoms with van der Waals surface area (Å²) in [5.74, 6) is 0. The van der Waals surface area contributed by atoms with E-state index in [-0.39, 0.29) is 39.4 Å². The van der Waals surface area contributed by atoms with Crippen molar-refractivity contribution in [2.75, 3.05) is 0 Å². The Balaban J connectivity index is 2.20. The van der Waals surface area contributed by atoms with Crippen LogP contribution in [-0.2, 0) is 9.31 Å². The lowest BCUT2D eigenvalue weighted by atomic mass is 9.79. The first-order valence-electron chi connectivity index (χ1n) is 4.97. The van der Waals surface area contributed by atoms with E-state index in [1.807, 2.05) is 12.3 Å². The van der Waals surface area contributed by atoms with Gasteiger partial charge in [0.2, 0.25) is 0 Å². The maximum absolute atomic E-state index is 5.94. The molecule has 0 bridgehead atoms. The lowest BCUT2D eigenvalue weighted by Crippen LogP contribution is -2.41. The van der Waals surface area contributed by atoms with Crippen LogP contribution in [0, 0.1) is 0 Å². The van der Waals surface area contributed by atoms with Crippen molar-refractivity contribution in [2.45, 2.75) is 38.9 Å². The fourth-order valence-corrected chi connectivity index (χ4v) is 2.71. The molecule has 2 heterocycles. The predicted molar refractivity (Wildman–Crippen MR) is 69.8 cm³/mol. The van der Waals surface area contributed by atoms with E-state index < -0.39 is 0 Å². The van der Waals surface area contributed by atoms with Crippen molar-refractivity contribution < 1.29 is 9.31 Å². The van der Waals surface area contributed by atoms with Crippen molar-refractivity contribution in [2.24, 2.45) is 3.15 Å². The molecule has 1 fully saturated rings. The topological polar surface area (TPSA) is 30.8 Å². The number of rotatable bonds is 1. The van der Waals surface area contributed by atoms with Crippen molar-refractivity contribution in [3.8, 4) is 0 Å². The lowest BCUT2D eigenvalue weighted by Gasteiger charge is -2.32. The molecule has 15 heavy (non-hydrogen) atoms. The van der Waals surface area contributed by atoms with Gasteiger partial charge in [0.15, 0.2) is 0 Å². The molecule has 5 heteroatoms. The molecule has 82 valence electrons. The largest absolute Gasteiger partial charge is 0.495 e. The lowest BCUT2D eigenvalue weighted by molar-refractivity contribution is 0.00578. The highest BCUT2D eigenvalue weighted by Gasteiger charge is 2.52. The molecule has 0 spiro atoms. The van der Waals surface area contributed by atoms with Crippen LogP contribution in [0.1, 0.15) is 27.7 Å². The average Bonchev–Trinajstić information content (AvgIpc) is 2.38. The normalized spacial score (nSPS) is 27.5. The molecule has 0 aromatic carbocycles. The van der Waals surface area contributed by atoms with E-state index in [4.69, 9.17) is 9.31 Å². The summed E-state index contributed by atoms with van der Waals surface area (Å²) >= 11 is -0.190. The standard InChI is InChI=1S/C10H15BINO2/c1-9(2)10(3,4)15-11(14-9)8-5-6-13-12-7-8/h5-7H,1-4H3. The van der Waals surface area contributed by atoms with E-state index in [0.29, 0.717) is 0 Å². The van der Waals surface area contributed by atoms with Crippen LogP contribution in [0.2, 0.25) is 0 Å². The fraction of sp³-hybridized carbons (Fsp3) is 0.600. The second-order valence-electron chi connectivity index (χ2n) is 4.71. The van der Waals surface area contributed by atoms with E-state index in [1.165, 1.54) is 0 Å². The summed E-state index contributed by atoms with van der Waals surface area (Å²) in [5.41, 5.74) is 0.620. The number of allylic oxidation sites excluding steroid dienone is 2. The average molecular weight is 319 g/mol. The molecule has 0 aromatic heterocycles. The van der Waals surface area contributed by atoms with E-state index in [9.17, 15) is 0 Å². The van der Waals surface area contributed by atoms with Crippen molar-refractivity contribution >= 4 is 28.2 Å². The number of hydrogen-bond donors (Lipinski definition) is 0. The molecule has 0 amide bonds. The molecule has 0 unspecified atom stereocenters. The summed E-state index contributed by atoms with van der Waals surface area (Å²) in [6.07, 6.45) is 3.83. The van der Waals surface area contributed by atoms with Crippen LogP contribution in [0.4, 0.5) is 0 Å². The van der Waals surface area contributed by atoms with Gasteiger partial charge in [0.25, 0.3) is 0 Å². The van der Waals surface area contributed by atoms with Crippen LogP contribution in [-0.4, -0.2) is 18.3 Å². The van der Waals surface area contributed by atoms with Crippen molar-refractivity contribution in [1.29, 1.82) is 0 Å². The molecule has 0 atom stereocenters. The molecule has 1 saturated heterocycles. The first kappa shape index (κ1) is 11.5. The fourth-order valence-electron chi connectivity index (χ4n) is 1.38. The van der Waals surface area contributed by atoms with Gasteiger partial charge in [-0.05, 0) is 43.3 Å². The first-order valence-corrected chi connectivity index (χ1v) is 7.18. The van der Waals surface area contributed by atoms with Crippen molar-refractivity contribution in [3.05, 3.63) is 21.8 Å². The third kappa shape index (κ3) is 2.10. The van der Waals surface area contributed by atoms with E-state index in [1.54, 1.807) is 0 Å². The maximum atomic E-state index is 5.94. The Morgan fingerprint density at radius 1 is 1.20 bits per heavy atom. The Bertz CT molecular complexity index is 344. The Labute approximate surface area is 101 Å². The third-order valence-corrected chi connectivity index (χ3v) is 4.72. The quantitative estimate of drug-likeness (QED) is 0.549. The molecule has 0 radical (unpaired) electrons. The minimum atomic E-state index is -0.251. The Morgan fingerprint density at radius 2 is 1.80 bits per heavy atom. The Morgan fingerprint density at radius 3 is 2.27 bits per heavy atom. The SMILES string of the molecule is CC1(C)OB(C2=CI=NC=C2)OC1(C)C. The zero-order chi connectivity index (χ0) is 11.1. The summed E-state index contributed by atoms with van der Waals surface area (Å²) in [4.78, 5) is 0. The minimum Gasteiger partial charge on any atom is -0.399 e. The summed E-state index contributed by atoms with van der Waals surface area (Å²) in [5, 5.41) is 0. The second kappa shape index (κ2) is 3.78. The molecule has 2 aliphatic heterocycles. The molecule has 0 aromatic rings. The van der Waals surface area contributed by atoms with Crippen molar-refractivity contribution in [1.82, 2.24) is 0 Å². The van der Waals surface area contributed by atoms with Gasteiger partial charge in [0, 0.05) is 27.2 Å². The summed E-state index contributed by atoms with van der Waals surface area (Å²) in [7, 11) is -0.221. The molecule has 2 rings (SSSR count). The third-order valence-electron chi connectivity index (χ3n) is 3.08. The monoisotopic (exact) mass is 319 g/mol. The van der Waals surface area contributed by atoms with E-state index >= 15 is 0 Å². The van der Waals surface area contributed by atoms with Gasteiger partial charge in [-0.25, -0.2) is 3.15 Å². The van der Waals surface area contributed by atoms with Crippen LogP contribution >= 0.6 is 21.0 Å². The number of nitrogens with zero attached hydrogens (tertiary/aromatic N) is 1. The molecular formula is C10H15BINO2. The summed E-state index contributed by atoms with van der Waals surface area (Å²) < 4.78 is 18.2. The highest BCUT2D eigenvalue weighted by Crippen LogP contribution is 2.39. The van der Waals surface area contributed by atoms with Crippen molar-refractivity contribution in [3.63, 3.8) is 0 Å². The maximum Gasteiger partial charge on any atom is 0.495 e. The van der Waals surface area contributed by atoms with Gasteiger partial charge in [-0.1, -0.05) is 0 Å². The summed E-state index contributed by atoms with van der Waals surface area (Å²) in [6.45, 7) is 8.28. The summed E-state index contributed by atoms with van der Waals surface area (Å²) in [6, 6.07) is 0. The highest BCUT2D eigenvalue weighted by molar-refractivity contribution is 14.2. The van der Waals surface area contributed by atoms with Gasteiger partial charge in [0.05, 0.1) is 11.2 Å².